The van der Waals surface area contributed by atoms with Gasteiger partial charge in [-0.25, -0.2) is 10.2 Å². The van der Waals surface area contributed by atoms with Gasteiger partial charge in [0, 0.05) is 13.5 Å². The van der Waals surface area contributed by atoms with Crippen LogP contribution in [0.4, 0.5) is 4.79 Å². The Morgan fingerprint density at radius 3 is 2.12 bits per heavy atom. The van der Waals surface area contributed by atoms with Gasteiger partial charge < -0.3 is 13.9 Å². The summed E-state index contributed by atoms with van der Waals surface area (Å²) in [6.45, 7) is 18.6. The summed E-state index contributed by atoms with van der Waals surface area (Å²) in [7, 11) is -1.89. The van der Waals surface area contributed by atoms with Crippen molar-refractivity contribution in [2.24, 2.45) is 0 Å². The van der Waals surface area contributed by atoms with Gasteiger partial charge in [0.2, 0.25) is 0 Å². The number of hydrogen-bond acceptors (Lipinski definition) is 6. The standard InChI is InChI=1S/C18H38N2O5Si/c1-14(21)24-15(13-23-26(8,9)18(5,6)7)11-10-12-19-20-16(22)25-17(2,3)4/h15,19H,10-13H2,1-9H3,(H,20,22)/t15-/m0/s1. The Morgan fingerprint density at radius 1 is 1.08 bits per heavy atom. The first-order chi connectivity index (χ1) is 11.6. The number of nitrogens with one attached hydrogen (secondary N) is 2. The quantitative estimate of drug-likeness (QED) is 0.270. The van der Waals surface area contributed by atoms with Gasteiger partial charge in [0.15, 0.2) is 8.32 Å². The van der Waals surface area contributed by atoms with Gasteiger partial charge >= 0.3 is 12.1 Å². The van der Waals surface area contributed by atoms with Gasteiger partial charge in [-0.2, -0.15) is 0 Å². The molecule has 0 aliphatic carbocycles. The van der Waals surface area contributed by atoms with Crippen molar-refractivity contribution in [1.29, 1.82) is 0 Å². The highest BCUT2D eigenvalue weighted by Crippen LogP contribution is 2.36. The third-order valence-corrected chi connectivity index (χ3v) is 8.69. The van der Waals surface area contributed by atoms with Crippen molar-refractivity contribution in [3.8, 4) is 0 Å². The Hall–Kier alpha value is -1.12. The summed E-state index contributed by atoms with van der Waals surface area (Å²) < 4.78 is 16.7. The highest BCUT2D eigenvalue weighted by Gasteiger charge is 2.37. The van der Waals surface area contributed by atoms with Crippen LogP contribution in [0.1, 0.15) is 61.3 Å². The fourth-order valence-corrected chi connectivity index (χ4v) is 2.82. The molecule has 0 aliphatic rings. The van der Waals surface area contributed by atoms with Crippen LogP contribution < -0.4 is 10.9 Å². The zero-order valence-corrected chi connectivity index (χ0v) is 18.9. The maximum atomic E-state index is 11.5. The predicted molar refractivity (Wildman–Crippen MR) is 105 cm³/mol. The van der Waals surface area contributed by atoms with E-state index in [1.54, 1.807) is 20.8 Å². The number of ether oxygens (including phenoxy) is 2. The molecule has 0 bridgehead atoms. The van der Waals surface area contributed by atoms with Crippen molar-refractivity contribution >= 4 is 20.4 Å². The molecule has 26 heavy (non-hydrogen) atoms. The molecule has 0 aliphatic heterocycles. The van der Waals surface area contributed by atoms with E-state index in [0.29, 0.717) is 26.0 Å². The summed E-state index contributed by atoms with van der Waals surface area (Å²) in [5, 5.41) is 0.104. The fourth-order valence-electron chi connectivity index (χ4n) is 1.79. The summed E-state index contributed by atoms with van der Waals surface area (Å²) in [6, 6.07) is 0. The van der Waals surface area contributed by atoms with E-state index in [1.165, 1.54) is 6.92 Å². The van der Waals surface area contributed by atoms with Gasteiger partial charge in [-0.1, -0.05) is 20.8 Å². The highest BCUT2D eigenvalue weighted by atomic mass is 28.4. The number of rotatable bonds is 9. The largest absolute Gasteiger partial charge is 0.460 e. The minimum absolute atomic E-state index is 0.104. The third kappa shape index (κ3) is 11.5. The Labute approximate surface area is 159 Å². The Balaban J connectivity index is 4.28. The van der Waals surface area contributed by atoms with Crippen LogP contribution in [0.3, 0.4) is 0 Å². The smallest absolute Gasteiger partial charge is 0.422 e. The van der Waals surface area contributed by atoms with Crippen molar-refractivity contribution in [2.75, 3.05) is 13.2 Å². The molecule has 0 heterocycles. The van der Waals surface area contributed by atoms with Crippen molar-refractivity contribution in [1.82, 2.24) is 10.9 Å². The SMILES string of the molecule is CC(=O)O[C@@H](CCCNNC(=O)OC(C)(C)C)CO[Si](C)(C)C(C)(C)C. The normalized spacial score (nSPS) is 13.9. The molecule has 2 N–H and O–H groups in total. The van der Waals surface area contributed by atoms with Gasteiger partial charge in [-0.3, -0.25) is 10.2 Å². The topological polar surface area (TPSA) is 85.9 Å². The van der Waals surface area contributed by atoms with Crippen LogP contribution in [0.5, 0.6) is 0 Å². The number of amides is 1. The van der Waals surface area contributed by atoms with Crippen molar-refractivity contribution in [3.05, 3.63) is 0 Å². The number of esters is 1. The van der Waals surface area contributed by atoms with Crippen LogP contribution in [-0.4, -0.2) is 45.2 Å². The lowest BCUT2D eigenvalue weighted by Crippen LogP contribution is -2.43. The summed E-state index contributed by atoms with van der Waals surface area (Å²) in [5.74, 6) is -0.311. The number of hydrazine groups is 1. The van der Waals surface area contributed by atoms with Crippen molar-refractivity contribution in [3.63, 3.8) is 0 Å². The molecule has 0 spiro atoms. The van der Waals surface area contributed by atoms with Crippen LogP contribution in [0.25, 0.3) is 0 Å². The van der Waals surface area contributed by atoms with Crippen LogP contribution in [-0.2, 0) is 18.7 Å². The molecule has 0 unspecified atom stereocenters. The Kier molecular flexibility index (Phi) is 9.83. The average Bonchev–Trinajstić information content (AvgIpc) is 2.40. The second-order valence-electron chi connectivity index (χ2n) is 9.00. The molecule has 0 fully saturated rings. The van der Waals surface area contributed by atoms with E-state index in [1.807, 2.05) is 0 Å². The van der Waals surface area contributed by atoms with Gasteiger partial charge in [0.1, 0.15) is 11.7 Å². The minimum Gasteiger partial charge on any atom is -0.460 e. The van der Waals surface area contributed by atoms with Gasteiger partial charge in [0.25, 0.3) is 0 Å². The molecular formula is C18H38N2O5Si. The maximum absolute atomic E-state index is 11.5. The van der Waals surface area contributed by atoms with Crippen LogP contribution in [0, 0.1) is 0 Å². The first-order valence-electron chi connectivity index (χ1n) is 9.17. The van der Waals surface area contributed by atoms with Gasteiger partial charge in [0.05, 0.1) is 6.61 Å². The van der Waals surface area contributed by atoms with E-state index >= 15 is 0 Å². The molecule has 0 saturated carbocycles. The van der Waals surface area contributed by atoms with Crippen LogP contribution in [0.2, 0.25) is 18.1 Å². The molecule has 0 aromatic heterocycles. The summed E-state index contributed by atoms with van der Waals surface area (Å²) in [5.41, 5.74) is 4.77. The average molecular weight is 391 g/mol. The molecule has 7 nitrogen and oxygen atoms in total. The molecule has 0 aromatic carbocycles. The molecule has 1 amide bonds. The first kappa shape index (κ1) is 24.9. The zero-order valence-electron chi connectivity index (χ0n) is 17.9. The molecule has 8 heteroatoms. The second-order valence-corrected chi connectivity index (χ2v) is 13.8. The lowest BCUT2D eigenvalue weighted by molar-refractivity contribution is -0.148. The summed E-state index contributed by atoms with van der Waals surface area (Å²) in [4.78, 5) is 22.9. The zero-order chi connectivity index (χ0) is 20.6. The van der Waals surface area contributed by atoms with Crippen LogP contribution in [0.15, 0.2) is 0 Å². The van der Waals surface area contributed by atoms with E-state index in [2.05, 4.69) is 44.7 Å². The van der Waals surface area contributed by atoms with Crippen molar-refractivity contribution < 1.29 is 23.5 Å². The highest BCUT2D eigenvalue weighted by molar-refractivity contribution is 6.74. The van der Waals surface area contributed by atoms with E-state index < -0.39 is 20.0 Å². The lowest BCUT2D eigenvalue weighted by Gasteiger charge is -2.37. The fraction of sp³-hybridized carbons (Fsp3) is 0.889. The van der Waals surface area contributed by atoms with Gasteiger partial charge in [-0.15, -0.1) is 0 Å². The summed E-state index contributed by atoms with van der Waals surface area (Å²) in [6.07, 6.45) is 0.562. The van der Waals surface area contributed by atoms with Crippen LogP contribution >= 0.6 is 0 Å². The molecule has 0 radical (unpaired) electrons. The molecule has 154 valence electrons. The first-order valence-corrected chi connectivity index (χ1v) is 12.1. The van der Waals surface area contributed by atoms with E-state index in [0.717, 1.165) is 0 Å². The predicted octanol–water partition coefficient (Wildman–Crippen LogP) is 3.75. The lowest BCUT2D eigenvalue weighted by atomic mass is 10.2. The Bertz CT molecular complexity index is 455. The van der Waals surface area contributed by atoms with E-state index in [9.17, 15) is 9.59 Å². The maximum Gasteiger partial charge on any atom is 0.422 e. The second kappa shape index (κ2) is 10.3. The third-order valence-electron chi connectivity index (χ3n) is 4.19. The molecule has 0 rings (SSSR count). The monoisotopic (exact) mass is 390 g/mol. The number of carbonyl (C=O) groups excluding carboxylic acids is 2. The van der Waals surface area contributed by atoms with Gasteiger partial charge in [-0.05, 0) is 51.7 Å². The summed E-state index contributed by atoms with van der Waals surface area (Å²) >= 11 is 0. The van der Waals surface area contributed by atoms with E-state index in [-0.39, 0.29) is 17.1 Å². The number of hydrogen-bond donors (Lipinski definition) is 2. The number of carbonyl (C=O) groups is 2. The molecule has 0 aromatic rings. The molecular weight excluding hydrogens is 352 g/mol. The van der Waals surface area contributed by atoms with E-state index in [4.69, 9.17) is 13.9 Å². The molecule has 1 atom stereocenters. The molecule has 0 saturated heterocycles. The minimum atomic E-state index is -1.89. The van der Waals surface area contributed by atoms with Crippen molar-refractivity contribution in [2.45, 2.75) is 91.1 Å². The Morgan fingerprint density at radius 2 is 1.65 bits per heavy atom.